The van der Waals surface area contributed by atoms with Crippen LogP contribution in [0.3, 0.4) is 0 Å². The third kappa shape index (κ3) is 16.8. The molecule has 206 valence electrons. The molecule has 0 amide bonds. The van der Waals surface area contributed by atoms with E-state index >= 15 is 0 Å². The predicted molar refractivity (Wildman–Crippen MR) is 157 cm³/mol. The molecule has 0 heterocycles. The number of rotatable bonds is 24. The van der Waals surface area contributed by atoms with E-state index in [0.29, 0.717) is 12.8 Å². The summed E-state index contributed by atoms with van der Waals surface area (Å²) in [5, 5.41) is 18.3. The fraction of sp³-hybridized carbons (Fsp3) is 0.733. The lowest BCUT2D eigenvalue weighted by Gasteiger charge is -2.18. The average molecular weight is 539 g/mol. The van der Waals surface area contributed by atoms with Gasteiger partial charge in [0.05, 0.1) is 0 Å². The molecule has 0 saturated carbocycles. The summed E-state index contributed by atoms with van der Waals surface area (Å²) < 4.78 is 0. The summed E-state index contributed by atoms with van der Waals surface area (Å²) in [6.45, 7) is 0.526. The molecule has 0 atom stereocenters. The van der Waals surface area contributed by atoms with Crippen molar-refractivity contribution in [1.29, 1.82) is 0 Å². The van der Waals surface area contributed by atoms with Crippen LogP contribution in [0.2, 0.25) is 0 Å². The van der Waals surface area contributed by atoms with Gasteiger partial charge in [0.25, 0.3) is 0 Å². The Morgan fingerprint density at radius 2 is 0.750 bits per heavy atom. The summed E-state index contributed by atoms with van der Waals surface area (Å²) in [7, 11) is 0. The van der Waals surface area contributed by atoms with E-state index < -0.39 is 0 Å². The summed E-state index contributed by atoms with van der Waals surface area (Å²) in [5.41, 5.74) is 5.87. The molecule has 0 aliphatic heterocycles. The molecule has 1 rings (SSSR count). The molecule has 0 bridgehead atoms. The van der Waals surface area contributed by atoms with Gasteiger partial charge in [-0.05, 0) is 99.3 Å². The van der Waals surface area contributed by atoms with Crippen LogP contribution in [0.15, 0.2) is 12.1 Å². The SMILES string of the molecule is O=C(S)CCCCCCc1cc(CCCCCO)c(CCCCCO)cc1CCCCCCC(=O)S. The van der Waals surface area contributed by atoms with Crippen LogP contribution in [0.5, 0.6) is 0 Å². The number of carbonyl (C=O) groups is 2. The van der Waals surface area contributed by atoms with Gasteiger partial charge in [-0.2, -0.15) is 0 Å². The molecule has 4 nitrogen and oxygen atoms in total. The molecule has 0 saturated heterocycles. The van der Waals surface area contributed by atoms with Gasteiger partial charge in [-0.1, -0.05) is 50.7 Å². The van der Waals surface area contributed by atoms with Crippen LogP contribution in [0, 0.1) is 0 Å². The van der Waals surface area contributed by atoms with Crippen molar-refractivity contribution in [2.45, 2.75) is 128 Å². The van der Waals surface area contributed by atoms with E-state index in [1.807, 2.05) is 0 Å². The third-order valence-corrected chi connectivity index (χ3v) is 7.35. The molecular weight excluding hydrogens is 488 g/mol. The van der Waals surface area contributed by atoms with Gasteiger partial charge < -0.3 is 10.2 Å². The smallest absolute Gasteiger partial charge is 0.185 e. The van der Waals surface area contributed by atoms with Gasteiger partial charge in [-0.3, -0.25) is 9.59 Å². The molecule has 0 spiro atoms. The topological polar surface area (TPSA) is 74.6 Å². The maximum absolute atomic E-state index is 11.1. The first-order chi connectivity index (χ1) is 17.5. The van der Waals surface area contributed by atoms with Crippen LogP contribution >= 0.6 is 25.3 Å². The first-order valence-electron chi connectivity index (χ1n) is 14.3. The van der Waals surface area contributed by atoms with E-state index in [-0.39, 0.29) is 23.4 Å². The van der Waals surface area contributed by atoms with E-state index in [2.05, 4.69) is 37.4 Å². The molecule has 6 heteroatoms. The molecule has 0 radical (unpaired) electrons. The summed E-state index contributed by atoms with van der Waals surface area (Å²) in [5.74, 6) is 0. The van der Waals surface area contributed by atoms with Crippen LogP contribution in [-0.2, 0) is 35.3 Å². The largest absolute Gasteiger partial charge is 0.396 e. The Labute approximate surface area is 230 Å². The quantitative estimate of drug-likeness (QED) is 0.0845. The van der Waals surface area contributed by atoms with Gasteiger partial charge >= 0.3 is 0 Å². The average Bonchev–Trinajstić information content (AvgIpc) is 2.84. The first kappa shape index (κ1) is 33.2. The number of aliphatic hydroxyl groups is 2. The van der Waals surface area contributed by atoms with Crippen molar-refractivity contribution >= 4 is 35.5 Å². The Bertz CT molecular complexity index is 675. The van der Waals surface area contributed by atoms with Crippen LogP contribution in [0.4, 0.5) is 0 Å². The van der Waals surface area contributed by atoms with Gasteiger partial charge in [0.15, 0.2) is 10.2 Å². The number of hydrogen-bond donors (Lipinski definition) is 4. The maximum Gasteiger partial charge on any atom is 0.185 e. The highest BCUT2D eigenvalue weighted by Gasteiger charge is 2.11. The molecule has 0 fully saturated rings. The monoisotopic (exact) mass is 538 g/mol. The van der Waals surface area contributed by atoms with E-state index in [0.717, 1.165) is 116 Å². The number of aliphatic hydroxyl groups excluding tert-OH is 2. The zero-order chi connectivity index (χ0) is 26.4. The van der Waals surface area contributed by atoms with E-state index in [9.17, 15) is 9.59 Å². The lowest BCUT2D eigenvalue weighted by Crippen LogP contribution is -2.04. The van der Waals surface area contributed by atoms with E-state index in [4.69, 9.17) is 10.2 Å². The molecule has 0 aliphatic rings. The molecule has 1 aromatic carbocycles. The van der Waals surface area contributed by atoms with E-state index in [1.165, 1.54) is 22.3 Å². The summed E-state index contributed by atoms with van der Waals surface area (Å²) in [6.07, 6.45) is 20.0. The zero-order valence-corrected chi connectivity index (χ0v) is 24.1. The van der Waals surface area contributed by atoms with Crippen LogP contribution < -0.4 is 0 Å². The Kier molecular flexibility index (Phi) is 20.5. The minimum atomic E-state index is -0.0172. The van der Waals surface area contributed by atoms with Gasteiger partial charge in [-0.25, -0.2) is 0 Å². The lowest BCUT2D eigenvalue weighted by atomic mass is 9.88. The molecule has 36 heavy (non-hydrogen) atoms. The lowest BCUT2D eigenvalue weighted by molar-refractivity contribution is -0.111. The fourth-order valence-electron chi connectivity index (χ4n) is 4.82. The van der Waals surface area contributed by atoms with Crippen molar-refractivity contribution in [3.05, 3.63) is 34.4 Å². The second kappa shape index (κ2) is 22.2. The number of benzene rings is 1. The highest BCUT2D eigenvalue weighted by atomic mass is 32.1. The number of unbranched alkanes of at least 4 members (excludes halogenated alkanes) is 10. The summed E-state index contributed by atoms with van der Waals surface area (Å²) in [4.78, 5) is 22.1. The first-order valence-corrected chi connectivity index (χ1v) is 15.2. The molecule has 2 N–H and O–H groups in total. The van der Waals surface area contributed by atoms with Crippen molar-refractivity contribution in [2.75, 3.05) is 13.2 Å². The van der Waals surface area contributed by atoms with Gasteiger partial charge in [0, 0.05) is 26.1 Å². The van der Waals surface area contributed by atoms with Gasteiger partial charge in [-0.15, -0.1) is 25.3 Å². The number of aryl methyl sites for hydroxylation is 4. The highest BCUT2D eigenvalue weighted by Crippen LogP contribution is 2.25. The molecular formula is C30H50O4S2. The minimum absolute atomic E-state index is 0.0172. The maximum atomic E-state index is 11.1. The number of hydrogen-bond acceptors (Lipinski definition) is 4. The van der Waals surface area contributed by atoms with Crippen molar-refractivity contribution in [3.8, 4) is 0 Å². The predicted octanol–water partition coefficient (Wildman–Crippen LogP) is 7.00. The third-order valence-electron chi connectivity index (χ3n) is 6.90. The van der Waals surface area contributed by atoms with Crippen molar-refractivity contribution < 1.29 is 19.8 Å². The molecule has 0 aliphatic carbocycles. The standard InChI is InChI=1S/C30H50O4S2/c31-21-13-5-9-17-27-23-25(15-7-1-3-11-19-29(33)35)26(16-8-2-4-12-20-30(34)36)24-28(27)18-10-6-14-22-32/h23-24,31-32H,1-22H2,(H,33,35)(H,34,36). The van der Waals surface area contributed by atoms with Gasteiger partial charge in [0.2, 0.25) is 0 Å². The van der Waals surface area contributed by atoms with Crippen molar-refractivity contribution in [1.82, 2.24) is 0 Å². The summed E-state index contributed by atoms with van der Waals surface area (Å²) in [6, 6.07) is 4.93. The van der Waals surface area contributed by atoms with Crippen LogP contribution in [0.1, 0.15) is 125 Å². The molecule has 0 aromatic heterocycles. The number of thiol groups is 2. The fourth-order valence-corrected chi connectivity index (χ4v) is 5.14. The Hall–Kier alpha value is -0.820. The number of carbonyl (C=O) groups excluding carboxylic acids is 2. The van der Waals surface area contributed by atoms with Crippen LogP contribution in [-0.4, -0.2) is 33.7 Å². The Morgan fingerprint density at radius 3 is 1.03 bits per heavy atom. The summed E-state index contributed by atoms with van der Waals surface area (Å²) >= 11 is 7.74. The second-order valence-electron chi connectivity index (χ2n) is 10.1. The van der Waals surface area contributed by atoms with Crippen LogP contribution in [0.25, 0.3) is 0 Å². The zero-order valence-electron chi connectivity index (χ0n) is 22.3. The van der Waals surface area contributed by atoms with E-state index in [1.54, 1.807) is 0 Å². The molecule has 0 unspecified atom stereocenters. The van der Waals surface area contributed by atoms with Gasteiger partial charge in [0.1, 0.15) is 0 Å². The van der Waals surface area contributed by atoms with Crippen molar-refractivity contribution in [3.63, 3.8) is 0 Å². The Balaban J connectivity index is 2.88. The normalized spacial score (nSPS) is 11.2. The second-order valence-corrected chi connectivity index (χ2v) is 11.1. The minimum Gasteiger partial charge on any atom is -0.396 e. The molecule has 1 aromatic rings. The highest BCUT2D eigenvalue weighted by molar-refractivity contribution is 7.96. The van der Waals surface area contributed by atoms with Crippen molar-refractivity contribution in [2.24, 2.45) is 0 Å². The Morgan fingerprint density at radius 1 is 0.472 bits per heavy atom.